The van der Waals surface area contributed by atoms with Gasteiger partial charge in [0.05, 0.1) is 24.9 Å². The van der Waals surface area contributed by atoms with Crippen LogP contribution in [-0.4, -0.2) is 40.0 Å². The largest absolute Gasteiger partial charge is 0.464 e. The van der Waals surface area contributed by atoms with E-state index < -0.39 is 0 Å². The summed E-state index contributed by atoms with van der Waals surface area (Å²) < 4.78 is 6.88. The van der Waals surface area contributed by atoms with Crippen molar-refractivity contribution in [3.63, 3.8) is 0 Å². The maximum Gasteiger partial charge on any atom is 0.355 e. The van der Waals surface area contributed by atoms with Crippen molar-refractivity contribution >= 4 is 11.5 Å². The molecule has 5 nitrogen and oxygen atoms in total. The molecule has 1 atom stereocenters. The number of esters is 1. The molecule has 5 heteroatoms. The third-order valence-electron chi connectivity index (χ3n) is 4.48. The molecule has 0 bridgehead atoms. The van der Waals surface area contributed by atoms with E-state index in [2.05, 4.69) is 23.7 Å². The van der Waals surface area contributed by atoms with Gasteiger partial charge in [-0.1, -0.05) is 12.5 Å². The zero-order chi connectivity index (χ0) is 15.7. The summed E-state index contributed by atoms with van der Waals surface area (Å²) in [7, 11) is 1.42. The molecule has 3 heterocycles. The number of hydrogen-bond acceptors (Lipinski definition) is 4. The van der Waals surface area contributed by atoms with E-state index in [4.69, 9.17) is 4.74 Å². The SMILES string of the molecule is COC(=O)c1cccc2cnc(C3CCCCN3C(C)C)n12. The molecule has 1 saturated heterocycles. The monoisotopic (exact) mass is 301 g/mol. The number of nitrogens with zero attached hydrogens (tertiary/aromatic N) is 3. The van der Waals surface area contributed by atoms with Crippen LogP contribution in [0.1, 0.15) is 55.5 Å². The van der Waals surface area contributed by atoms with Gasteiger partial charge in [-0.25, -0.2) is 9.78 Å². The number of likely N-dealkylation sites (tertiary alicyclic amines) is 1. The van der Waals surface area contributed by atoms with E-state index in [0.29, 0.717) is 11.7 Å². The summed E-state index contributed by atoms with van der Waals surface area (Å²) in [5, 5.41) is 0. The first kappa shape index (κ1) is 15.0. The quantitative estimate of drug-likeness (QED) is 0.818. The molecule has 1 fully saturated rings. The van der Waals surface area contributed by atoms with Gasteiger partial charge in [0.2, 0.25) is 0 Å². The summed E-state index contributed by atoms with van der Waals surface area (Å²) >= 11 is 0. The van der Waals surface area contributed by atoms with E-state index in [-0.39, 0.29) is 12.0 Å². The Morgan fingerprint density at radius 1 is 1.36 bits per heavy atom. The summed E-state index contributed by atoms with van der Waals surface area (Å²) in [4.78, 5) is 19.2. The molecule has 1 unspecified atom stereocenters. The predicted molar refractivity (Wildman–Crippen MR) is 85.0 cm³/mol. The standard InChI is InChI=1S/C17H23N3O2/c1-12(2)19-10-5-4-8-14(19)16-18-11-13-7-6-9-15(20(13)16)17(21)22-3/h6-7,9,11-12,14H,4-5,8,10H2,1-3H3. The average Bonchev–Trinajstić information content (AvgIpc) is 2.98. The maximum absolute atomic E-state index is 12.1. The minimum Gasteiger partial charge on any atom is -0.464 e. The molecule has 22 heavy (non-hydrogen) atoms. The van der Waals surface area contributed by atoms with Gasteiger partial charge in [-0.15, -0.1) is 0 Å². The predicted octanol–water partition coefficient (Wildman–Crippen LogP) is 3.06. The molecule has 3 rings (SSSR count). The van der Waals surface area contributed by atoms with Crippen molar-refractivity contribution < 1.29 is 9.53 Å². The van der Waals surface area contributed by atoms with Gasteiger partial charge >= 0.3 is 5.97 Å². The van der Waals surface area contributed by atoms with Gasteiger partial charge in [-0.3, -0.25) is 9.30 Å². The highest BCUT2D eigenvalue weighted by Gasteiger charge is 2.30. The second-order valence-corrected chi connectivity index (χ2v) is 6.12. The Morgan fingerprint density at radius 3 is 2.91 bits per heavy atom. The average molecular weight is 301 g/mol. The van der Waals surface area contributed by atoms with E-state index in [1.165, 1.54) is 20.0 Å². The van der Waals surface area contributed by atoms with Crippen molar-refractivity contribution in [3.8, 4) is 0 Å². The summed E-state index contributed by atoms with van der Waals surface area (Å²) in [5.74, 6) is 0.626. The van der Waals surface area contributed by atoms with Crippen molar-refractivity contribution in [1.29, 1.82) is 0 Å². The van der Waals surface area contributed by atoms with Crippen LogP contribution in [-0.2, 0) is 4.74 Å². The fraction of sp³-hybridized carbons (Fsp3) is 0.529. The van der Waals surface area contributed by atoms with Gasteiger partial charge in [-0.2, -0.15) is 0 Å². The van der Waals surface area contributed by atoms with Crippen LogP contribution in [0.15, 0.2) is 24.4 Å². The van der Waals surface area contributed by atoms with Crippen molar-refractivity contribution in [3.05, 3.63) is 35.9 Å². The topological polar surface area (TPSA) is 46.8 Å². The molecule has 1 aliphatic heterocycles. The lowest BCUT2D eigenvalue weighted by Crippen LogP contribution is -2.39. The second-order valence-electron chi connectivity index (χ2n) is 6.12. The highest BCUT2D eigenvalue weighted by atomic mass is 16.5. The number of carbonyl (C=O) groups is 1. The summed E-state index contributed by atoms with van der Waals surface area (Å²) in [6, 6.07) is 6.36. The Labute approximate surface area is 130 Å². The van der Waals surface area contributed by atoms with Gasteiger partial charge in [-0.05, 0) is 45.4 Å². The Bertz CT molecular complexity index is 678. The van der Waals surface area contributed by atoms with Crippen molar-refractivity contribution in [2.45, 2.75) is 45.2 Å². The number of carbonyl (C=O) groups excluding carboxylic acids is 1. The van der Waals surface area contributed by atoms with Crippen LogP contribution >= 0.6 is 0 Å². The highest BCUT2D eigenvalue weighted by molar-refractivity contribution is 5.88. The molecule has 0 amide bonds. The second kappa shape index (κ2) is 6.08. The Balaban J connectivity index is 2.12. The van der Waals surface area contributed by atoms with E-state index in [9.17, 15) is 4.79 Å². The molecule has 0 radical (unpaired) electrons. The first-order valence-corrected chi connectivity index (χ1v) is 7.94. The number of methoxy groups -OCH3 is 1. The number of aromatic nitrogens is 2. The molecule has 2 aromatic heterocycles. The first-order chi connectivity index (χ1) is 10.6. The molecule has 0 spiro atoms. The van der Waals surface area contributed by atoms with Crippen LogP contribution < -0.4 is 0 Å². The third-order valence-corrected chi connectivity index (χ3v) is 4.48. The lowest BCUT2D eigenvalue weighted by atomic mass is 9.99. The maximum atomic E-state index is 12.1. The Kier molecular flexibility index (Phi) is 4.16. The molecule has 0 aromatic carbocycles. The zero-order valence-electron chi connectivity index (χ0n) is 13.5. The van der Waals surface area contributed by atoms with E-state index in [0.717, 1.165) is 24.3 Å². The van der Waals surface area contributed by atoms with Crippen LogP contribution in [0.25, 0.3) is 5.52 Å². The minimum absolute atomic E-state index is 0.252. The summed E-state index contributed by atoms with van der Waals surface area (Å²) in [5.41, 5.74) is 1.48. The Morgan fingerprint density at radius 2 is 2.18 bits per heavy atom. The number of imidazole rings is 1. The summed E-state index contributed by atoms with van der Waals surface area (Å²) in [6.07, 6.45) is 5.34. The number of hydrogen-bond donors (Lipinski definition) is 0. The van der Waals surface area contributed by atoms with Gasteiger partial charge < -0.3 is 4.74 Å². The van der Waals surface area contributed by atoms with Gasteiger partial charge in [0.25, 0.3) is 0 Å². The number of piperidine rings is 1. The van der Waals surface area contributed by atoms with Gasteiger partial charge in [0.1, 0.15) is 11.5 Å². The van der Waals surface area contributed by atoms with Crippen molar-refractivity contribution in [2.75, 3.05) is 13.7 Å². The molecule has 118 valence electrons. The lowest BCUT2D eigenvalue weighted by Gasteiger charge is -2.38. The molecule has 2 aromatic rings. The normalized spacial score (nSPS) is 19.7. The van der Waals surface area contributed by atoms with Gasteiger partial charge in [0, 0.05) is 6.04 Å². The van der Waals surface area contributed by atoms with Crippen LogP contribution in [0, 0.1) is 0 Å². The molecular weight excluding hydrogens is 278 g/mol. The zero-order valence-corrected chi connectivity index (χ0v) is 13.5. The smallest absolute Gasteiger partial charge is 0.355 e. The molecular formula is C17H23N3O2. The fourth-order valence-electron chi connectivity index (χ4n) is 3.42. The van der Waals surface area contributed by atoms with Crippen LogP contribution in [0.4, 0.5) is 0 Å². The molecule has 1 aliphatic rings. The lowest BCUT2D eigenvalue weighted by molar-refractivity contribution is 0.0589. The number of fused-ring (bicyclic) bond motifs is 1. The van der Waals surface area contributed by atoms with Crippen LogP contribution in [0.5, 0.6) is 0 Å². The minimum atomic E-state index is -0.322. The van der Waals surface area contributed by atoms with E-state index >= 15 is 0 Å². The summed E-state index contributed by atoms with van der Waals surface area (Å²) in [6.45, 7) is 5.52. The van der Waals surface area contributed by atoms with E-state index in [1.807, 2.05) is 22.7 Å². The number of ether oxygens (including phenoxy) is 1. The number of pyridine rings is 1. The van der Waals surface area contributed by atoms with Crippen molar-refractivity contribution in [2.24, 2.45) is 0 Å². The molecule has 0 N–H and O–H groups in total. The third kappa shape index (κ3) is 2.50. The van der Waals surface area contributed by atoms with Crippen LogP contribution in [0.2, 0.25) is 0 Å². The van der Waals surface area contributed by atoms with E-state index in [1.54, 1.807) is 6.07 Å². The van der Waals surface area contributed by atoms with Crippen LogP contribution in [0.3, 0.4) is 0 Å². The fourth-order valence-corrected chi connectivity index (χ4v) is 3.42. The number of rotatable bonds is 3. The highest BCUT2D eigenvalue weighted by Crippen LogP contribution is 2.32. The van der Waals surface area contributed by atoms with Crippen molar-refractivity contribution in [1.82, 2.24) is 14.3 Å². The Hall–Kier alpha value is -1.88. The molecule has 0 saturated carbocycles. The van der Waals surface area contributed by atoms with Gasteiger partial charge in [0.15, 0.2) is 0 Å². The molecule has 0 aliphatic carbocycles. The first-order valence-electron chi connectivity index (χ1n) is 7.94.